The van der Waals surface area contributed by atoms with Crippen molar-refractivity contribution in [1.29, 1.82) is 0 Å². The Morgan fingerprint density at radius 1 is 0.607 bits per heavy atom. The van der Waals surface area contributed by atoms with Gasteiger partial charge < -0.3 is 19.2 Å². The first-order valence-electron chi connectivity index (χ1n) is 21.6. The summed E-state index contributed by atoms with van der Waals surface area (Å²) in [6.07, 6.45) is 4.80. The number of hydrogen-bond acceptors (Lipinski definition) is 3. The molecule has 8 aromatic carbocycles. The van der Waals surface area contributed by atoms with Gasteiger partial charge in [-0.15, -0.1) is 0 Å². The number of rotatable bonds is 11. The van der Waals surface area contributed by atoms with Crippen molar-refractivity contribution < 1.29 is 4.42 Å². The van der Waals surface area contributed by atoms with Crippen LogP contribution in [0.3, 0.4) is 0 Å². The molecule has 1 radical (unpaired) electrons. The Labute approximate surface area is 358 Å². The third-order valence-electron chi connectivity index (χ3n) is 12.4. The minimum absolute atomic E-state index is 0.861. The minimum Gasteiger partial charge on any atom is -0.469 e. The van der Waals surface area contributed by atoms with Gasteiger partial charge in [-0.1, -0.05) is 129 Å². The lowest BCUT2D eigenvalue weighted by Gasteiger charge is -2.27. The molecule has 5 heteroatoms. The molecule has 0 unspecified atom stereocenters. The van der Waals surface area contributed by atoms with Crippen LogP contribution in [0, 0.1) is 6.92 Å². The first kappa shape index (κ1) is 36.8. The molecular formula is C56H45BN3O. The lowest BCUT2D eigenvalue weighted by molar-refractivity contribution is 0.650. The highest BCUT2D eigenvalue weighted by molar-refractivity contribution is 6.73. The van der Waals surface area contributed by atoms with Crippen LogP contribution in [0.1, 0.15) is 37.3 Å². The van der Waals surface area contributed by atoms with Gasteiger partial charge in [0.05, 0.1) is 16.9 Å². The molecule has 1 aliphatic rings. The van der Waals surface area contributed by atoms with Gasteiger partial charge in [-0.05, 0) is 126 Å². The average molecular weight is 787 g/mol. The van der Waals surface area contributed by atoms with Crippen LogP contribution in [0.25, 0.3) is 60.7 Å². The van der Waals surface area contributed by atoms with Crippen molar-refractivity contribution in [3.8, 4) is 27.9 Å². The van der Waals surface area contributed by atoms with Crippen LogP contribution in [0.5, 0.6) is 0 Å². The first-order valence-corrected chi connectivity index (χ1v) is 21.6. The van der Waals surface area contributed by atoms with E-state index in [9.17, 15) is 0 Å². The SMILES string of the molecule is CCCCCc1ccc(Nc2ccc(N(c3ccccc3)c3ccccc3)cc2-c2cc(C)c3c4ccccc4n4c3c2[B]c2oc3ccc(-c5ccccc5)cc3c2-4)cc1. The normalized spacial score (nSPS) is 11.8. The van der Waals surface area contributed by atoms with Gasteiger partial charge >= 0.3 is 0 Å². The topological polar surface area (TPSA) is 33.3 Å². The predicted octanol–water partition coefficient (Wildman–Crippen LogP) is 14.1. The van der Waals surface area contributed by atoms with Gasteiger partial charge in [-0.25, -0.2) is 0 Å². The number of fused-ring (bicyclic) bond motifs is 7. The lowest BCUT2D eigenvalue weighted by Crippen LogP contribution is -2.36. The molecule has 293 valence electrons. The lowest BCUT2D eigenvalue weighted by atomic mass is 9.62. The van der Waals surface area contributed by atoms with E-state index in [1.807, 2.05) is 0 Å². The van der Waals surface area contributed by atoms with Crippen molar-refractivity contribution in [3.63, 3.8) is 0 Å². The summed E-state index contributed by atoms with van der Waals surface area (Å²) in [4.78, 5) is 2.34. The van der Waals surface area contributed by atoms with Gasteiger partial charge in [-0.2, -0.15) is 0 Å². The third-order valence-corrected chi connectivity index (χ3v) is 12.4. The van der Waals surface area contributed by atoms with Crippen LogP contribution in [0.2, 0.25) is 0 Å². The Bertz CT molecular complexity index is 3170. The Morgan fingerprint density at radius 2 is 1.31 bits per heavy atom. The zero-order valence-corrected chi connectivity index (χ0v) is 34.5. The highest BCUT2D eigenvalue weighted by Crippen LogP contribution is 2.44. The highest BCUT2D eigenvalue weighted by atomic mass is 16.3. The van der Waals surface area contributed by atoms with Crippen molar-refractivity contribution in [2.75, 3.05) is 10.2 Å². The summed E-state index contributed by atoms with van der Waals surface area (Å²) in [7, 11) is 2.29. The van der Waals surface area contributed by atoms with E-state index >= 15 is 0 Å². The van der Waals surface area contributed by atoms with Crippen molar-refractivity contribution in [2.45, 2.75) is 39.5 Å². The van der Waals surface area contributed by atoms with Crippen LogP contribution < -0.4 is 21.3 Å². The fourth-order valence-electron chi connectivity index (χ4n) is 9.46. The summed E-state index contributed by atoms with van der Waals surface area (Å²) in [6.45, 7) is 4.53. The van der Waals surface area contributed by atoms with Gasteiger partial charge in [-0.3, -0.25) is 0 Å². The van der Waals surface area contributed by atoms with E-state index in [4.69, 9.17) is 4.42 Å². The van der Waals surface area contributed by atoms with Crippen LogP contribution in [0.4, 0.5) is 28.4 Å². The minimum atomic E-state index is 0.861. The standard InChI is InChI=1S/C56H45BN3O/c1-3-4-8-17-38-26-29-41(30-27-38)58-49-32-31-44(59(42-20-11-6-12-21-42)43-22-13-7-14-23-43)36-46(49)47-34-37(2)52-45-24-15-16-25-50(45)60-54-48-35-40(39-18-9-5-10-19-39)28-33-51(48)61-56(54)57-53(47)55(52)60/h5-7,9-16,18-36,58H,3-4,8,17H2,1-2H3. The second kappa shape index (κ2) is 15.4. The van der Waals surface area contributed by atoms with Gasteiger partial charge in [0.1, 0.15) is 5.58 Å². The quantitative estimate of drug-likeness (QED) is 0.105. The molecule has 10 aromatic rings. The summed E-state index contributed by atoms with van der Waals surface area (Å²) in [5, 5.41) is 7.50. The molecule has 0 fully saturated rings. The molecule has 0 aliphatic carbocycles. The zero-order valence-electron chi connectivity index (χ0n) is 34.5. The van der Waals surface area contributed by atoms with Crippen LogP contribution in [0.15, 0.2) is 186 Å². The van der Waals surface area contributed by atoms with Crippen molar-refractivity contribution in [3.05, 3.63) is 193 Å². The molecule has 11 rings (SSSR count). The summed E-state index contributed by atoms with van der Waals surface area (Å²) >= 11 is 0. The summed E-state index contributed by atoms with van der Waals surface area (Å²) in [5.41, 5.74) is 18.9. The van der Waals surface area contributed by atoms with Gasteiger partial charge in [0.2, 0.25) is 7.28 Å². The maximum absolute atomic E-state index is 6.86. The maximum Gasteiger partial charge on any atom is 0.247 e. The largest absolute Gasteiger partial charge is 0.469 e. The second-order valence-electron chi connectivity index (χ2n) is 16.3. The zero-order chi connectivity index (χ0) is 40.9. The number of nitrogens with one attached hydrogen (secondary N) is 1. The van der Waals surface area contributed by atoms with Gasteiger partial charge in [0, 0.05) is 55.7 Å². The fraction of sp³-hybridized carbons (Fsp3) is 0.107. The number of unbranched alkanes of at least 4 members (excludes halogenated alkanes) is 2. The summed E-state index contributed by atoms with van der Waals surface area (Å²) < 4.78 is 9.33. The Balaban J connectivity index is 1.14. The number of aryl methyl sites for hydroxylation is 2. The monoisotopic (exact) mass is 786 g/mol. The van der Waals surface area contributed by atoms with Crippen molar-refractivity contribution in [2.24, 2.45) is 0 Å². The van der Waals surface area contributed by atoms with Crippen molar-refractivity contribution >= 4 is 79.6 Å². The number of nitrogens with zero attached hydrogens (tertiary/aromatic N) is 2. The summed E-state index contributed by atoms with van der Waals surface area (Å²) in [6, 6.07) is 65.6. The molecule has 3 heterocycles. The smallest absolute Gasteiger partial charge is 0.247 e. The highest BCUT2D eigenvalue weighted by Gasteiger charge is 2.32. The van der Waals surface area contributed by atoms with E-state index in [-0.39, 0.29) is 0 Å². The Hall–Kier alpha value is -7.24. The molecule has 0 atom stereocenters. The van der Waals surface area contributed by atoms with Crippen LogP contribution >= 0.6 is 0 Å². The molecule has 2 aromatic heterocycles. The Morgan fingerprint density at radius 3 is 2.05 bits per heavy atom. The van der Waals surface area contributed by atoms with E-state index < -0.39 is 0 Å². The van der Waals surface area contributed by atoms with E-state index in [2.05, 4.69) is 218 Å². The number of furan rings is 1. The third kappa shape index (κ3) is 6.49. The van der Waals surface area contributed by atoms with Crippen LogP contribution in [-0.2, 0) is 6.42 Å². The van der Waals surface area contributed by atoms with Crippen molar-refractivity contribution in [1.82, 2.24) is 4.57 Å². The van der Waals surface area contributed by atoms with Crippen LogP contribution in [-0.4, -0.2) is 11.8 Å². The average Bonchev–Trinajstić information content (AvgIpc) is 3.86. The molecule has 0 spiro atoms. The molecule has 0 bridgehead atoms. The number of aromatic nitrogens is 1. The first-order chi connectivity index (χ1) is 30.1. The maximum atomic E-state index is 6.86. The molecule has 0 amide bonds. The molecule has 4 nitrogen and oxygen atoms in total. The second-order valence-corrected chi connectivity index (χ2v) is 16.3. The van der Waals surface area contributed by atoms with Gasteiger partial charge in [0.15, 0.2) is 0 Å². The predicted molar refractivity (Wildman–Crippen MR) is 259 cm³/mol. The molecule has 61 heavy (non-hydrogen) atoms. The number of para-hydroxylation sites is 3. The van der Waals surface area contributed by atoms with E-state index in [1.165, 1.54) is 63.3 Å². The molecule has 0 saturated carbocycles. The van der Waals surface area contributed by atoms with E-state index in [1.54, 1.807) is 0 Å². The molecule has 1 aliphatic heterocycles. The van der Waals surface area contributed by atoms with E-state index in [0.717, 1.165) is 73.8 Å². The number of benzene rings is 8. The number of anilines is 5. The van der Waals surface area contributed by atoms with E-state index in [0.29, 0.717) is 0 Å². The number of hydrogen-bond donors (Lipinski definition) is 1. The van der Waals surface area contributed by atoms with Gasteiger partial charge in [0.25, 0.3) is 0 Å². The Kier molecular flexibility index (Phi) is 9.30. The molecule has 1 N–H and O–H groups in total. The fourth-order valence-corrected chi connectivity index (χ4v) is 9.46. The summed E-state index contributed by atoms with van der Waals surface area (Å²) in [5.74, 6) is 0. The molecular weight excluding hydrogens is 741 g/mol. The molecule has 0 saturated heterocycles.